The first-order chi connectivity index (χ1) is 7.44. The number of halogens is 1. The fourth-order valence-corrected chi connectivity index (χ4v) is 3.37. The molecular formula is C8H11ClN2O3S2. The van der Waals surface area contributed by atoms with Gasteiger partial charge >= 0.3 is 0 Å². The third kappa shape index (κ3) is 4.25. The molecule has 0 saturated heterocycles. The molecule has 90 valence electrons. The predicted molar refractivity (Wildman–Crippen MR) is 63.4 cm³/mol. The summed E-state index contributed by atoms with van der Waals surface area (Å²) in [4.78, 5) is 7.67. The Morgan fingerprint density at radius 2 is 2.19 bits per heavy atom. The Morgan fingerprint density at radius 3 is 2.75 bits per heavy atom. The minimum Gasteiger partial charge on any atom is -0.391 e. The maximum absolute atomic E-state index is 10.9. The second-order valence-electron chi connectivity index (χ2n) is 3.08. The zero-order valence-corrected chi connectivity index (χ0v) is 10.9. The van der Waals surface area contributed by atoms with Gasteiger partial charge < -0.3 is 5.11 Å². The highest BCUT2D eigenvalue weighted by Crippen LogP contribution is 2.24. The number of hydrogen-bond donors (Lipinski definition) is 1. The molecule has 1 N–H and O–H groups in total. The van der Waals surface area contributed by atoms with Crippen molar-refractivity contribution in [2.45, 2.75) is 11.6 Å². The van der Waals surface area contributed by atoms with E-state index < -0.39 is 9.84 Å². The zero-order valence-electron chi connectivity index (χ0n) is 8.55. The minimum atomic E-state index is -2.98. The molecule has 0 aromatic carbocycles. The Bertz CT molecular complexity index is 464. The average molecular weight is 283 g/mol. The summed E-state index contributed by atoms with van der Waals surface area (Å²) < 4.78 is 21.8. The summed E-state index contributed by atoms with van der Waals surface area (Å²) in [6, 6.07) is 0. The van der Waals surface area contributed by atoms with Crippen LogP contribution in [0.2, 0.25) is 5.15 Å². The lowest BCUT2D eigenvalue weighted by Crippen LogP contribution is -2.06. The molecule has 1 rings (SSSR count). The molecule has 1 aromatic heterocycles. The van der Waals surface area contributed by atoms with Crippen LogP contribution in [0.4, 0.5) is 0 Å². The van der Waals surface area contributed by atoms with Crippen molar-refractivity contribution in [3.63, 3.8) is 0 Å². The summed E-state index contributed by atoms with van der Waals surface area (Å²) in [5, 5.41) is 9.78. The molecule has 0 aliphatic heterocycles. The smallest absolute Gasteiger partial charge is 0.148 e. The van der Waals surface area contributed by atoms with Crippen LogP contribution in [0.1, 0.15) is 5.56 Å². The molecule has 0 aliphatic carbocycles. The number of rotatable bonds is 5. The van der Waals surface area contributed by atoms with E-state index in [0.29, 0.717) is 16.3 Å². The molecule has 16 heavy (non-hydrogen) atoms. The van der Waals surface area contributed by atoms with Crippen LogP contribution < -0.4 is 0 Å². The first-order valence-electron chi connectivity index (χ1n) is 4.35. The van der Waals surface area contributed by atoms with Gasteiger partial charge in [-0.05, 0) is 0 Å². The fourth-order valence-electron chi connectivity index (χ4n) is 0.923. The van der Waals surface area contributed by atoms with Crippen molar-refractivity contribution < 1.29 is 13.5 Å². The number of aliphatic hydroxyl groups is 1. The molecule has 0 fully saturated rings. The lowest BCUT2D eigenvalue weighted by molar-refractivity contribution is 0.277. The Balaban J connectivity index is 2.71. The highest BCUT2D eigenvalue weighted by molar-refractivity contribution is 8.00. The Hall–Kier alpha value is -0.370. The van der Waals surface area contributed by atoms with Crippen LogP contribution >= 0.6 is 23.4 Å². The van der Waals surface area contributed by atoms with Crippen molar-refractivity contribution in [3.8, 4) is 0 Å². The van der Waals surface area contributed by atoms with Gasteiger partial charge in [0.05, 0.1) is 12.4 Å². The van der Waals surface area contributed by atoms with Gasteiger partial charge in [0.2, 0.25) is 0 Å². The van der Waals surface area contributed by atoms with E-state index >= 15 is 0 Å². The number of sulfone groups is 1. The van der Waals surface area contributed by atoms with Gasteiger partial charge in [0, 0.05) is 17.6 Å². The molecule has 0 amide bonds. The first-order valence-corrected chi connectivity index (χ1v) is 7.77. The second-order valence-corrected chi connectivity index (χ2v) is 6.79. The van der Waals surface area contributed by atoms with Crippen LogP contribution in [0.25, 0.3) is 0 Å². The van der Waals surface area contributed by atoms with Gasteiger partial charge in [-0.3, -0.25) is 0 Å². The van der Waals surface area contributed by atoms with E-state index in [2.05, 4.69) is 9.97 Å². The van der Waals surface area contributed by atoms with E-state index in [-0.39, 0.29) is 17.5 Å². The Morgan fingerprint density at radius 1 is 1.50 bits per heavy atom. The van der Waals surface area contributed by atoms with Crippen molar-refractivity contribution in [2.75, 3.05) is 17.8 Å². The number of hydrogen-bond acceptors (Lipinski definition) is 6. The number of aromatic nitrogens is 2. The van der Waals surface area contributed by atoms with Gasteiger partial charge in [-0.2, -0.15) is 0 Å². The molecule has 1 heterocycles. The molecule has 5 nitrogen and oxygen atoms in total. The van der Waals surface area contributed by atoms with Gasteiger partial charge in [-0.25, -0.2) is 18.4 Å². The molecule has 1 aromatic rings. The monoisotopic (exact) mass is 282 g/mol. The van der Waals surface area contributed by atoms with Crippen LogP contribution in [0.3, 0.4) is 0 Å². The van der Waals surface area contributed by atoms with Crippen LogP contribution in [-0.2, 0) is 16.4 Å². The Labute approximate surface area is 103 Å². The highest BCUT2D eigenvalue weighted by Gasteiger charge is 2.10. The van der Waals surface area contributed by atoms with Gasteiger partial charge in [0.25, 0.3) is 0 Å². The fraction of sp³-hybridized carbons (Fsp3) is 0.500. The van der Waals surface area contributed by atoms with E-state index in [1.165, 1.54) is 24.3 Å². The molecule has 0 spiro atoms. The van der Waals surface area contributed by atoms with E-state index in [1.807, 2.05) is 0 Å². The van der Waals surface area contributed by atoms with Gasteiger partial charge in [0.1, 0.15) is 26.3 Å². The molecule has 0 aliphatic rings. The van der Waals surface area contributed by atoms with Gasteiger partial charge in [0.15, 0.2) is 0 Å². The molecule has 0 bridgehead atoms. The van der Waals surface area contributed by atoms with E-state index in [1.54, 1.807) is 0 Å². The summed E-state index contributed by atoms with van der Waals surface area (Å²) in [5.41, 5.74) is 0.433. The van der Waals surface area contributed by atoms with Crippen LogP contribution in [0.15, 0.2) is 11.4 Å². The second kappa shape index (κ2) is 5.81. The van der Waals surface area contributed by atoms with Crippen LogP contribution in [0, 0.1) is 0 Å². The summed E-state index contributed by atoms with van der Waals surface area (Å²) in [7, 11) is -2.98. The summed E-state index contributed by atoms with van der Waals surface area (Å²) in [6.45, 7) is -0.263. The van der Waals surface area contributed by atoms with Crippen LogP contribution in [-0.4, -0.2) is 41.3 Å². The molecule has 0 saturated carbocycles. The van der Waals surface area contributed by atoms with Crippen molar-refractivity contribution in [2.24, 2.45) is 0 Å². The average Bonchev–Trinajstić information content (AvgIpc) is 2.16. The summed E-state index contributed by atoms with van der Waals surface area (Å²) in [6.07, 6.45) is 2.46. The molecule has 8 heteroatoms. The third-order valence-electron chi connectivity index (χ3n) is 1.70. The quantitative estimate of drug-likeness (QED) is 0.634. The zero-order chi connectivity index (χ0) is 12.2. The third-order valence-corrected chi connectivity index (χ3v) is 4.27. The SMILES string of the molecule is CS(=O)(=O)CCSc1ncnc(Cl)c1CO. The van der Waals surface area contributed by atoms with Gasteiger partial charge in [-0.15, -0.1) is 11.8 Å². The standard InChI is InChI=1S/C8H11ClN2O3S2/c1-16(13,14)3-2-15-8-6(4-12)7(9)10-5-11-8/h5,12H,2-4H2,1H3. The van der Waals surface area contributed by atoms with E-state index in [0.717, 1.165) is 0 Å². The van der Waals surface area contributed by atoms with Crippen molar-refractivity contribution in [3.05, 3.63) is 17.0 Å². The van der Waals surface area contributed by atoms with E-state index in [4.69, 9.17) is 16.7 Å². The topological polar surface area (TPSA) is 80.2 Å². The maximum atomic E-state index is 10.9. The van der Waals surface area contributed by atoms with Gasteiger partial charge in [-0.1, -0.05) is 11.6 Å². The Kier molecular flexibility index (Phi) is 4.97. The predicted octanol–water partition coefficient (Wildman–Crippen LogP) is 0.759. The van der Waals surface area contributed by atoms with E-state index in [9.17, 15) is 8.42 Å². The molecule has 0 atom stereocenters. The normalized spacial score (nSPS) is 11.7. The summed E-state index contributed by atoms with van der Waals surface area (Å²) >= 11 is 6.99. The summed E-state index contributed by atoms with van der Waals surface area (Å²) in [5.74, 6) is 0.434. The van der Waals surface area contributed by atoms with Crippen molar-refractivity contribution >= 4 is 33.2 Å². The number of nitrogens with zero attached hydrogens (tertiary/aromatic N) is 2. The lowest BCUT2D eigenvalue weighted by atomic mass is 10.4. The van der Waals surface area contributed by atoms with Crippen molar-refractivity contribution in [1.29, 1.82) is 0 Å². The lowest BCUT2D eigenvalue weighted by Gasteiger charge is -2.05. The number of aliphatic hydroxyl groups excluding tert-OH is 1. The van der Waals surface area contributed by atoms with Crippen LogP contribution in [0.5, 0.6) is 0 Å². The van der Waals surface area contributed by atoms with Crippen molar-refractivity contribution in [1.82, 2.24) is 9.97 Å². The maximum Gasteiger partial charge on any atom is 0.148 e. The number of thioether (sulfide) groups is 1. The minimum absolute atomic E-state index is 0.0597. The molecular weight excluding hydrogens is 272 g/mol. The first kappa shape index (κ1) is 13.7. The molecule has 0 unspecified atom stereocenters. The molecule has 0 radical (unpaired) electrons. The highest BCUT2D eigenvalue weighted by atomic mass is 35.5. The largest absolute Gasteiger partial charge is 0.391 e.